The molecule has 2 unspecified atom stereocenters. The number of aliphatic carboxylic acids is 1. The average molecular weight is 447 g/mol. The normalized spacial score (nSPS) is 18.6. The highest BCUT2D eigenvalue weighted by Crippen LogP contribution is 2.44. The number of benzene rings is 2. The first-order chi connectivity index (χ1) is 16.0. The van der Waals surface area contributed by atoms with Crippen molar-refractivity contribution in [1.82, 2.24) is 10.2 Å². The summed E-state index contributed by atoms with van der Waals surface area (Å²) in [6.07, 6.45) is 0.388. The highest BCUT2D eigenvalue weighted by atomic mass is 16.5. The van der Waals surface area contributed by atoms with Gasteiger partial charge in [0.05, 0.1) is 12.5 Å². The fourth-order valence-corrected chi connectivity index (χ4v) is 4.86. The van der Waals surface area contributed by atoms with Gasteiger partial charge in [0, 0.05) is 18.5 Å². The number of nitrogens with zero attached hydrogens (tertiary/aromatic N) is 1. The van der Waals surface area contributed by atoms with Crippen molar-refractivity contribution >= 4 is 18.0 Å². The fraction of sp³-hybridized carbons (Fsp3) is 0.346. The second-order valence-corrected chi connectivity index (χ2v) is 8.19. The monoisotopic (exact) mass is 446 g/mol. The Morgan fingerprint density at radius 2 is 1.73 bits per heavy atom. The Kier molecular flexibility index (Phi) is 6.64. The van der Waals surface area contributed by atoms with E-state index in [4.69, 9.17) is 4.74 Å². The molecule has 2 aliphatic rings. The largest absolute Gasteiger partial charge is 0.481 e. The van der Waals surface area contributed by atoms with Crippen LogP contribution in [0.1, 0.15) is 36.8 Å². The Hall–Kier alpha value is -3.79. The van der Waals surface area contributed by atoms with Crippen molar-refractivity contribution < 1.29 is 24.2 Å². The molecule has 0 aromatic heterocycles. The molecule has 7 heteroatoms. The number of hydrogen-bond acceptors (Lipinski definition) is 4. The standard InChI is InChI=1S/C26H26N2O5/c1-2-23-21(25(30)31)13-15-28(23)24(29)12-7-14-27-26(32)33-16-22-19-10-5-3-8-17(19)18-9-4-6-11-20(18)22/h3-6,8-11,21-23H,2,13-16H2,1H3,(H,27,32)(H,30,31). The van der Waals surface area contributed by atoms with E-state index in [1.807, 2.05) is 31.2 Å². The Balaban J connectivity index is 1.29. The molecule has 1 aliphatic carbocycles. The van der Waals surface area contributed by atoms with Crippen LogP contribution in [0.3, 0.4) is 0 Å². The molecule has 0 radical (unpaired) electrons. The van der Waals surface area contributed by atoms with Crippen LogP contribution in [0.15, 0.2) is 48.5 Å². The van der Waals surface area contributed by atoms with Crippen LogP contribution in [0.5, 0.6) is 0 Å². The molecule has 33 heavy (non-hydrogen) atoms. The number of carbonyl (C=O) groups is 3. The molecule has 1 heterocycles. The van der Waals surface area contributed by atoms with Crippen LogP contribution in [-0.4, -0.2) is 53.7 Å². The highest BCUT2D eigenvalue weighted by molar-refractivity contribution is 5.94. The van der Waals surface area contributed by atoms with Crippen LogP contribution in [0, 0.1) is 17.8 Å². The molecule has 0 bridgehead atoms. The van der Waals surface area contributed by atoms with E-state index in [0.717, 1.165) is 22.3 Å². The van der Waals surface area contributed by atoms with Crippen LogP contribution in [-0.2, 0) is 14.3 Å². The summed E-state index contributed by atoms with van der Waals surface area (Å²) in [5, 5.41) is 11.8. The summed E-state index contributed by atoms with van der Waals surface area (Å²) in [7, 11) is 0. The van der Waals surface area contributed by atoms with Crippen molar-refractivity contribution in [2.24, 2.45) is 5.92 Å². The molecule has 4 rings (SSSR count). The molecule has 0 saturated carbocycles. The molecule has 170 valence electrons. The van der Waals surface area contributed by atoms with Gasteiger partial charge in [-0.2, -0.15) is 0 Å². The number of carboxylic acids is 1. The van der Waals surface area contributed by atoms with E-state index < -0.39 is 23.9 Å². The average Bonchev–Trinajstić information content (AvgIpc) is 3.40. The third-order valence-electron chi connectivity index (χ3n) is 6.40. The predicted octanol–water partition coefficient (Wildman–Crippen LogP) is 3.24. The van der Waals surface area contributed by atoms with Crippen molar-refractivity contribution in [1.29, 1.82) is 0 Å². The maximum absolute atomic E-state index is 12.4. The number of fused-ring (bicyclic) bond motifs is 3. The Morgan fingerprint density at radius 1 is 1.09 bits per heavy atom. The molecule has 2 atom stereocenters. The van der Waals surface area contributed by atoms with Gasteiger partial charge in [-0.05, 0) is 41.0 Å². The highest BCUT2D eigenvalue weighted by Gasteiger charge is 2.39. The van der Waals surface area contributed by atoms with Gasteiger partial charge in [0.25, 0.3) is 5.91 Å². The van der Waals surface area contributed by atoms with Gasteiger partial charge in [0.2, 0.25) is 0 Å². The number of carbonyl (C=O) groups excluding carboxylic acids is 2. The maximum atomic E-state index is 12.4. The minimum Gasteiger partial charge on any atom is -0.481 e. The third kappa shape index (κ3) is 4.56. The van der Waals surface area contributed by atoms with E-state index in [1.165, 1.54) is 4.90 Å². The van der Waals surface area contributed by atoms with Crippen molar-refractivity contribution in [2.75, 3.05) is 19.7 Å². The van der Waals surface area contributed by atoms with Gasteiger partial charge in [-0.25, -0.2) is 4.79 Å². The summed E-state index contributed by atoms with van der Waals surface area (Å²) >= 11 is 0. The Labute approximate surface area is 192 Å². The summed E-state index contributed by atoms with van der Waals surface area (Å²) < 4.78 is 5.44. The van der Waals surface area contributed by atoms with Gasteiger partial charge in [-0.1, -0.05) is 61.4 Å². The zero-order chi connectivity index (χ0) is 23.4. The molecule has 2 aromatic rings. The molecule has 1 aliphatic heterocycles. The number of rotatable bonds is 5. The first-order valence-electron chi connectivity index (χ1n) is 11.1. The molecular weight excluding hydrogens is 420 g/mol. The lowest BCUT2D eigenvalue weighted by Crippen LogP contribution is -2.38. The zero-order valence-corrected chi connectivity index (χ0v) is 18.4. The predicted molar refractivity (Wildman–Crippen MR) is 122 cm³/mol. The summed E-state index contributed by atoms with van der Waals surface area (Å²) in [5.41, 5.74) is 4.58. The number of hydrogen-bond donors (Lipinski definition) is 2. The fourth-order valence-electron chi connectivity index (χ4n) is 4.86. The van der Waals surface area contributed by atoms with E-state index in [-0.39, 0.29) is 25.1 Å². The molecule has 2 N–H and O–H groups in total. The maximum Gasteiger partial charge on any atom is 0.407 e. The third-order valence-corrected chi connectivity index (χ3v) is 6.40. The van der Waals surface area contributed by atoms with E-state index in [0.29, 0.717) is 19.4 Å². The minimum atomic E-state index is -0.887. The number of likely N-dealkylation sites (tertiary alicyclic amines) is 1. The van der Waals surface area contributed by atoms with Gasteiger partial charge >= 0.3 is 12.1 Å². The van der Waals surface area contributed by atoms with Crippen LogP contribution >= 0.6 is 0 Å². The Morgan fingerprint density at radius 3 is 2.33 bits per heavy atom. The number of nitrogens with one attached hydrogen (secondary N) is 1. The lowest BCUT2D eigenvalue weighted by atomic mass is 9.98. The summed E-state index contributed by atoms with van der Waals surface area (Å²) in [5.74, 6) is 3.25. The molecule has 1 fully saturated rings. The van der Waals surface area contributed by atoms with Crippen LogP contribution in [0.25, 0.3) is 11.1 Å². The van der Waals surface area contributed by atoms with E-state index in [1.54, 1.807) is 0 Å². The molecule has 2 aromatic carbocycles. The SMILES string of the molecule is CCC1C(C(=O)O)CCN1C(=O)C#CCNC(=O)OCC1c2ccccc2-c2ccccc21. The number of alkyl carbamates (subject to hydrolysis) is 1. The van der Waals surface area contributed by atoms with Crippen molar-refractivity contribution in [3.05, 3.63) is 59.7 Å². The summed E-state index contributed by atoms with van der Waals surface area (Å²) in [6.45, 7) is 2.41. The van der Waals surface area contributed by atoms with E-state index in [2.05, 4.69) is 41.4 Å². The van der Waals surface area contributed by atoms with Crippen LogP contribution in [0.2, 0.25) is 0 Å². The van der Waals surface area contributed by atoms with Gasteiger partial charge in [0.15, 0.2) is 0 Å². The van der Waals surface area contributed by atoms with Crippen LogP contribution < -0.4 is 5.32 Å². The molecular formula is C26H26N2O5. The molecule has 2 amide bonds. The molecule has 0 spiro atoms. The van der Waals surface area contributed by atoms with Crippen molar-refractivity contribution in [3.63, 3.8) is 0 Å². The van der Waals surface area contributed by atoms with E-state index >= 15 is 0 Å². The molecule has 1 saturated heterocycles. The van der Waals surface area contributed by atoms with Gasteiger partial charge in [0.1, 0.15) is 6.61 Å². The minimum absolute atomic E-state index is 0.0286. The van der Waals surface area contributed by atoms with Gasteiger partial charge in [-0.3, -0.25) is 9.59 Å². The van der Waals surface area contributed by atoms with Crippen LogP contribution in [0.4, 0.5) is 4.79 Å². The second-order valence-electron chi connectivity index (χ2n) is 8.19. The first kappa shape index (κ1) is 22.4. The van der Waals surface area contributed by atoms with Gasteiger partial charge < -0.3 is 20.1 Å². The summed E-state index contributed by atoms with van der Waals surface area (Å²) in [4.78, 5) is 37.4. The number of amides is 2. The number of carboxylic acid groups (broad SMARTS) is 1. The quantitative estimate of drug-likeness (QED) is 0.688. The van der Waals surface area contributed by atoms with E-state index in [9.17, 15) is 19.5 Å². The first-order valence-corrected chi connectivity index (χ1v) is 11.1. The smallest absolute Gasteiger partial charge is 0.407 e. The topological polar surface area (TPSA) is 95.9 Å². The lowest BCUT2D eigenvalue weighted by Gasteiger charge is -2.23. The molecule has 7 nitrogen and oxygen atoms in total. The Bertz CT molecular complexity index is 1090. The second kappa shape index (κ2) is 9.78. The zero-order valence-electron chi connectivity index (χ0n) is 18.4. The lowest BCUT2D eigenvalue weighted by molar-refractivity contribution is -0.143. The number of ether oxygens (including phenoxy) is 1. The van der Waals surface area contributed by atoms with Gasteiger partial charge in [-0.15, -0.1) is 0 Å². The van der Waals surface area contributed by atoms with Crippen molar-refractivity contribution in [2.45, 2.75) is 31.7 Å². The van der Waals surface area contributed by atoms with Crippen molar-refractivity contribution in [3.8, 4) is 23.0 Å². The summed E-state index contributed by atoms with van der Waals surface area (Å²) in [6, 6.07) is 15.9.